The summed E-state index contributed by atoms with van der Waals surface area (Å²) < 4.78 is 187. The van der Waals surface area contributed by atoms with E-state index in [-0.39, 0.29) is 109 Å². The predicted octanol–water partition coefficient (Wildman–Crippen LogP) is 19.7. The Bertz CT molecular complexity index is 6500. The van der Waals surface area contributed by atoms with Gasteiger partial charge in [-0.1, -0.05) is 41.4 Å². The number of hydrogen-bond donors (Lipinski definition) is 4. The van der Waals surface area contributed by atoms with Gasteiger partial charge in [-0.25, -0.2) is 63.1 Å². The van der Waals surface area contributed by atoms with Crippen LogP contribution in [-0.4, -0.2) is 127 Å². The van der Waals surface area contributed by atoms with Crippen molar-refractivity contribution in [3.8, 4) is 46.3 Å². The summed E-state index contributed by atoms with van der Waals surface area (Å²) in [7, 11) is 0.994. The number of amides is 2. The van der Waals surface area contributed by atoms with Gasteiger partial charge < -0.3 is 65.1 Å². The molecule has 134 heavy (non-hydrogen) atoms. The fraction of sp³-hybridized carbons (Fsp3) is 0.305. The molecule has 0 spiro atoms. The molecular formula is C95H86BBr2F11N12O11S2. The minimum absolute atomic E-state index is 0.0120. The average molecular weight is 2020 g/mol. The lowest BCUT2D eigenvalue weighted by Gasteiger charge is -2.32. The Morgan fingerprint density at radius 3 is 1.42 bits per heavy atom. The number of halogens is 13. The summed E-state index contributed by atoms with van der Waals surface area (Å²) in [6, 6.07) is 28.9. The van der Waals surface area contributed by atoms with Gasteiger partial charge in [0, 0.05) is 126 Å². The van der Waals surface area contributed by atoms with Crippen molar-refractivity contribution >= 4 is 122 Å². The van der Waals surface area contributed by atoms with Crippen LogP contribution in [0.4, 0.5) is 58.6 Å². The molecule has 5 aliphatic carbocycles. The molecule has 7 N–H and O–H groups in total. The van der Waals surface area contributed by atoms with Crippen molar-refractivity contribution in [3.05, 3.63) is 275 Å². The van der Waals surface area contributed by atoms with Gasteiger partial charge in [-0.15, -0.1) is 0 Å². The van der Waals surface area contributed by atoms with Gasteiger partial charge in [0.1, 0.15) is 41.2 Å². The Morgan fingerprint density at radius 2 is 0.955 bits per heavy atom. The van der Waals surface area contributed by atoms with Crippen LogP contribution in [0.15, 0.2) is 149 Å². The molecule has 20 rings (SSSR count). The van der Waals surface area contributed by atoms with Gasteiger partial charge in [0.2, 0.25) is 0 Å². The summed E-state index contributed by atoms with van der Waals surface area (Å²) in [4.78, 5) is 61.8. The zero-order chi connectivity index (χ0) is 96.3. The van der Waals surface area contributed by atoms with Gasteiger partial charge in [0.15, 0.2) is 68.2 Å². The highest BCUT2D eigenvalue weighted by Crippen LogP contribution is 2.41. The van der Waals surface area contributed by atoms with Gasteiger partial charge >= 0.3 is 13.1 Å². The molecular weight excluding hydrogens is 1930 g/mol. The number of carbonyl (C=O) groups is 3. The number of fused-ring (bicyclic) bond motifs is 4. The van der Waals surface area contributed by atoms with E-state index in [9.17, 15) is 62.7 Å². The number of hydrogen-bond acceptors (Lipinski definition) is 23. The molecule has 0 atom stereocenters. The fourth-order valence-electron chi connectivity index (χ4n) is 13.2. The van der Waals surface area contributed by atoms with Crippen LogP contribution < -0.4 is 41.6 Å². The van der Waals surface area contributed by atoms with E-state index in [1.54, 1.807) is 46.6 Å². The van der Waals surface area contributed by atoms with Crippen molar-refractivity contribution in [1.29, 1.82) is 10.5 Å². The first kappa shape index (κ1) is 99.3. The summed E-state index contributed by atoms with van der Waals surface area (Å²) >= 11 is 9.42. The lowest BCUT2D eigenvalue weighted by atomic mass is 9.79. The normalized spacial score (nSPS) is 15.7. The highest BCUT2D eigenvalue weighted by Gasteiger charge is 2.52. The molecule has 0 unspecified atom stereocenters. The number of aliphatic hydroxyl groups excluding tert-OH is 1. The van der Waals surface area contributed by atoms with Gasteiger partial charge in [-0.3, -0.25) is 24.5 Å². The number of thiazole rings is 2. The van der Waals surface area contributed by atoms with Crippen molar-refractivity contribution in [2.24, 2.45) is 5.73 Å². The number of aliphatic hydroxyl groups is 1. The number of nitriles is 2. The quantitative estimate of drug-likeness (QED) is 0.0285. The van der Waals surface area contributed by atoms with Crippen LogP contribution >= 0.6 is 54.5 Å². The SMILES string of the molecule is C=Cc1ncc(Br)cc1C(=O)OC.CC1(C)OB(c2ccc3nc(N)sc3c2)OC1(C)C.N#Cc1cc(F)cc(F)c1F.N#Cc1cc(F)cc(F)c1OC1CC1.NCc1cc(F)cc(F)c1OC1CC1.Nc1nc2ccc(-c3cnc4c(c3)C(=O)N(Cc3cc(F)cc(F)c3OC3CC3)CC4)cc2s1.O=C1c2cc(Br)cnc2CCN1Cc1cc(F)cc(F)c1OC1CC1.OC1CC1. The number of rotatable bonds is 17. The predicted molar refractivity (Wildman–Crippen MR) is 488 cm³/mol. The second-order valence-electron chi connectivity index (χ2n) is 32.8. The van der Waals surface area contributed by atoms with E-state index in [0.29, 0.717) is 93.1 Å². The largest absolute Gasteiger partial charge is 0.494 e. The maximum Gasteiger partial charge on any atom is 0.494 e. The Morgan fingerprint density at radius 1 is 0.545 bits per heavy atom. The Hall–Kier alpha value is -12.2. The maximum atomic E-state index is 14.5. The number of carbonyl (C=O) groups excluding carboxylic acids is 3. The minimum Gasteiger partial charge on any atom is -0.487 e. The van der Waals surface area contributed by atoms with Crippen LogP contribution in [-0.2, 0) is 46.5 Å². The minimum atomic E-state index is -1.35. The van der Waals surface area contributed by atoms with Gasteiger partial charge in [-0.05, 0) is 214 Å². The highest BCUT2D eigenvalue weighted by atomic mass is 79.9. The molecule has 1 saturated heterocycles. The van der Waals surface area contributed by atoms with E-state index < -0.39 is 75.5 Å². The van der Waals surface area contributed by atoms with Gasteiger partial charge in [0.05, 0.1) is 114 Å². The average Bonchev–Trinajstić information content (AvgIpc) is 1.77. The monoisotopic (exact) mass is 2010 g/mol. The van der Waals surface area contributed by atoms with Crippen molar-refractivity contribution in [2.75, 3.05) is 31.7 Å². The first-order chi connectivity index (χ1) is 63.9. The third kappa shape index (κ3) is 26.0. The second kappa shape index (κ2) is 43.4. The van der Waals surface area contributed by atoms with Crippen LogP contribution in [0, 0.1) is 86.7 Å². The third-order valence-corrected chi connectivity index (χ3v) is 24.1. The van der Waals surface area contributed by atoms with E-state index in [0.717, 1.165) is 146 Å². The molecule has 5 aromatic heterocycles. The molecule has 698 valence electrons. The number of anilines is 2. The fourth-order valence-corrected chi connectivity index (χ4v) is 15.4. The molecule has 5 saturated carbocycles. The zero-order valence-electron chi connectivity index (χ0n) is 72.5. The molecule has 39 heteroatoms. The van der Waals surface area contributed by atoms with Crippen LogP contribution in [0.25, 0.3) is 37.6 Å². The summed E-state index contributed by atoms with van der Waals surface area (Å²) in [6.07, 6.45) is 16.9. The van der Waals surface area contributed by atoms with Crippen molar-refractivity contribution in [2.45, 2.75) is 166 Å². The Balaban J connectivity index is 0.000000136. The number of aromatic nitrogens is 5. The summed E-state index contributed by atoms with van der Waals surface area (Å²) in [5, 5.41) is 26.0. The zero-order valence-corrected chi connectivity index (χ0v) is 77.3. The van der Waals surface area contributed by atoms with Crippen molar-refractivity contribution in [1.82, 2.24) is 34.7 Å². The Kier molecular flexibility index (Phi) is 32.2. The maximum absolute atomic E-state index is 14.5. The molecule has 2 amide bonds. The lowest BCUT2D eigenvalue weighted by molar-refractivity contribution is 0.00578. The van der Waals surface area contributed by atoms with Crippen LogP contribution in [0.3, 0.4) is 0 Å². The van der Waals surface area contributed by atoms with E-state index in [1.807, 2.05) is 42.5 Å². The van der Waals surface area contributed by atoms with Crippen LogP contribution in [0.5, 0.6) is 23.0 Å². The van der Waals surface area contributed by atoms with Crippen LogP contribution in [0.1, 0.15) is 168 Å². The van der Waals surface area contributed by atoms with Gasteiger partial charge in [-0.2, -0.15) is 10.5 Å². The molecule has 0 radical (unpaired) electrons. The first-order valence-corrected chi connectivity index (χ1v) is 45.3. The number of pyridine rings is 3. The molecule has 7 aromatic carbocycles. The lowest BCUT2D eigenvalue weighted by Crippen LogP contribution is -2.41. The van der Waals surface area contributed by atoms with Crippen molar-refractivity contribution < 1.29 is 101 Å². The van der Waals surface area contributed by atoms with E-state index in [2.05, 4.69) is 95.8 Å². The number of esters is 1. The molecule has 3 aliphatic heterocycles. The molecule has 8 heterocycles. The molecule has 23 nitrogen and oxygen atoms in total. The number of nitrogens with two attached hydrogens (primary N) is 3. The summed E-state index contributed by atoms with van der Waals surface area (Å²) in [5.74, 6) is -10.1. The molecule has 0 bridgehead atoms. The van der Waals surface area contributed by atoms with Crippen molar-refractivity contribution in [3.63, 3.8) is 0 Å². The number of nitrogens with zero attached hydrogens (tertiary/aromatic N) is 9. The molecule has 12 aromatic rings. The number of benzene rings is 7. The standard InChI is InChI=1S/C25H20F2N4O2S.C18H15BrF2N2O2.C13H17BN2O2S.C10H11F2NO.C10H7F2NO.C9H8BrNO2.C7H2F3N.C3H6O/c26-16-7-15(23(19(27)10-16)33-17-2-3-17)12-31-6-5-20-18(24(31)32)8-14(11-29-20)13-1-4-21-22(9-13)34-25(28)30-21;19-11-6-14-16(22-8-11)3-4-23(18(14)24)9-10-5-12(20)7-15(21)17(10)25-13-1-2-13;1-12(2)13(3,4)18-14(17-12)8-5-6-9-10(7-8)19-11(15)16-9;2*11-7-3-6(5-13)10(9(12)4-7)14-8-1-2-8;1-3-8-7(9(12)13-2)4-6(10)5-11-8;8-5-1-4(3-11)7(10)6(9)2-5;4-3-1-2-3/h1,4,7-11,17H,2-3,5-6,12H2,(H2,28,30);5-8,13H,1-4,9H2;5-7H,1-4H3,(H2,15,16);3-4,8H,1-2,5,13H2;3-4,8H,1-2H2;3-5H,1H2,2H3;1-2H;3-4H,1-2H2. The van der Waals surface area contributed by atoms with Crippen LogP contribution in [0.2, 0.25) is 0 Å². The van der Waals surface area contributed by atoms with E-state index in [1.165, 1.54) is 60.1 Å². The summed E-state index contributed by atoms with van der Waals surface area (Å²) in [5.41, 5.74) is 24.5. The third-order valence-electron chi connectivity index (χ3n) is 21.6. The molecule has 8 aliphatic rings. The van der Waals surface area contributed by atoms with E-state index in [4.69, 9.17) is 61.1 Å². The topological polar surface area (TPSA) is 333 Å². The summed E-state index contributed by atoms with van der Waals surface area (Å²) in [6.45, 7) is 12.9. The number of methoxy groups -OCH3 is 1. The molecule has 6 fully saturated rings. The number of nitrogen functional groups attached to an aromatic ring is 2. The smallest absolute Gasteiger partial charge is 0.487 e. The number of ether oxygens (including phenoxy) is 5. The first-order valence-electron chi connectivity index (χ1n) is 42.1. The highest BCUT2D eigenvalue weighted by molar-refractivity contribution is 9.10. The Labute approximate surface area is 787 Å². The van der Waals surface area contributed by atoms with E-state index >= 15 is 0 Å². The van der Waals surface area contributed by atoms with Gasteiger partial charge in [0.25, 0.3) is 11.8 Å². The second-order valence-corrected chi connectivity index (χ2v) is 36.7.